The number of nitrogens with one attached hydrogen (secondary N) is 1. The van der Waals surface area contributed by atoms with Crippen LogP contribution in [0.5, 0.6) is 0 Å². The number of anilines is 1. The van der Waals surface area contributed by atoms with Crippen LogP contribution in [0.1, 0.15) is 11.6 Å². The highest BCUT2D eigenvalue weighted by Gasteiger charge is 2.16. The molecule has 1 aromatic rings. The first kappa shape index (κ1) is 11.0. The van der Waals surface area contributed by atoms with Crippen molar-refractivity contribution in [3.63, 3.8) is 0 Å². The molecule has 0 aliphatic carbocycles. The molecule has 1 rings (SSSR count). The van der Waals surface area contributed by atoms with Gasteiger partial charge in [0.15, 0.2) is 0 Å². The first-order valence-corrected chi connectivity index (χ1v) is 4.22. The third kappa shape index (κ3) is 2.68. The van der Waals surface area contributed by atoms with E-state index in [-0.39, 0.29) is 0 Å². The normalized spacial score (nSPS) is 11.8. The summed E-state index contributed by atoms with van der Waals surface area (Å²) in [5, 5.41) is 2.36. The van der Waals surface area contributed by atoms with E-state index in [2.05, 4.69) is 5.32 Å². The lowest BCUT2D eigenvalue weighted by atomic mass is 10.1. The monoisotopic (exact) mass is 208 g/mol. The number of urea groups is 1. The minimum Gasteiger partial charge on any atom is -0.368 e. The molecule has 0 saturated heterocycles. The number of para-hydroxylation sites is 1. The van der Waals surface area contributed by atoms with E-state index in [1.165, 1.54) is 0 Å². The minimum atomic E-state index is -0.965. The molecule has 1 atom stereocenters. The molecule has 0 bridgehead atoms. The molecular weight excluding hydrogens is 196 g/mol. The van der Waals surface area contributed by atoms with Gasteiger partial charge in [-0.15, -0.1) is 0 Å². The highest BCUT2D eigenvalue weighted by atomic mass is 16.2. The summed E-state index contributed by atoms with van der Waals surface area (Å²) in [5.41, 5.74) is 16.4. The zero-order valence-corrected chi connectivity index (χ0v) is 7.94. The number of benzene rings is 1. The molecule has 80 valence electrons. The molecule has 0 aliphatic heterocycles. The fraction of sp³-hybridized carbons (Fsp3) is 0.111. The largest absolute Gasteiger partial charge is 0.368 e. The van der Waals surface area contributed by atoms with Crippen molar-refractivity contribution in [1.29, 1.82) is 0 Å². The lowest BCUT2D eigenvalue weighted by Gasteiger charge is -2.13. The standard InChI is InChI=1S/C9H12N4O2/c10-7(8(11)14)5-3-1-2-4-6(5)13-9(12)15/h1-4,7H,10H2,(H2,11,14)(H3,12,13,15). The van der Waals surface area contributed by atoms with Crippen molar-refractivity contribution in [1.82, 2.24) is 0 Å². The van der Waals surface area contributed by atoms with Gasteiger partial charge in [0, 0.05) is 11.3 Å². The van der Waals surface area contributed by atoms with E-state index >= 15 is 0 Å². The van der Waals surface area contributed by atoms with Gasteiger partial charge >= 0.3 is 6.03 Å². The fourth-order valence-electron chi connectivity index (χ4n) is 1.17. The second-order valence-corrected chi connectivity index (χ2v) is 2.96. The lowest BCUT2D eigenvalue weighted by Crippen LogP contribution is -2.30. The predicted octanol–water partition coefficient (Wildman–Crippen LogP) is -0.338. The van der Waals surface area contributed by atoms with E-state index in [4.69, 9.17) is 17.2 Å². The molecule has 6 heteroatoms. The second-order valence-electron chi connectivity index (χ2n) is 2.96. The van der Waals surface area contributed by atoms with Gasteiger partial charge in [0.05, 0.1) is 0 Å². The van der Waals surface area contributed by atoms with Crippen molar-refractivity contribution in [2.45, 2.75) is 6.04 Å². The second kappa shape index (κ2) is 4.43. The number of hydrogen-bond donors (Lipinski definition) is 4. The van der Waals surface area contributed by atoms with Crippen LogP contribution < -0.4 is 22.5 Å². The molecule has 0 aromatic heterocycles. The van der Waals surface area contributed by atoms with Crippen molar-refractivity contribution < 1.29 is 9.59 Å². The number of carbonyl (C=O) groups excluding carboxylic acids is 2. The van der Waals surface area contributed by atoms with Crippen molar-refractivity contribution in [2.75, 3.05) is 5.32 Å². The van der Waals surface area contributed by atoms with E-state index in [0.29, 0.717) is 11.3 Å². The Morgan fingerprint density at radius 2 is 1.80 bits per heavy atom. The van der Waals surface area contributed by atoms with Gasteiger partial charge in [-0.05, 0) is 6.07 Å². The SMILES string of the molecule is NC(=O)Nc1ccccc1C(N)C(N)=O. The number of hydrogen-bond acceptors (Lipinski definition) is 3. The van der Waals surface area contributed by atoms with Gasteiger partial charge in [-0.3, -0.25) is 4.79 Å². The van der Waals surface area contributed by atoms with Crippen LogP contribution >= 0.6 is 0 Å². The van der Waals surface area contributed by atoms with Crippen molar-refractivity contribution in [2.24, 2.45) is 17.2 Å². The van der Waals surface area contributed by atoms with Crippen LogP contribution in [-0.2, 0) is 4.79 Å². The summed E-state index contributed by atoms with van der Waals surface area (Å²) in [6, 6.07) is 4.86. The Morgan fingerprint density at radius 1 is 1.20 bits per heavy atom. The summed E-state index contributed by atoms with van der Waals surface area (Å²) < 4.78 is 0. The Balaban J connectivity index is 3.05. The van der Waals surface area contributed by atoms with Crippen molar-refractivity contribution >= 4 is 17.6 Å². The summed E-state index contributed by atoms with van der Waals surface area (Å²) in [7, 11) is 0. The molecule has 0 radical (unpaired) electrons. The minimum absolute atomic E-state index is 0.385. The molecule has 6 nitrogen and oxygen atoms in total. The molecule has 0 saturated carbocycles. The molecule has 1 unspecified atom stereocenters. The van der Waals surface area contributed by atoms with Crippen molar-refractivity contribution in [3.05, 3.63) is 29.8 Å². The molecule has 0 fully saturated rings. The van der Waals surface area contributed by atoms with E-state index in [0.717, 1.165) is 0 Å². The smallest absolute Gasteiger partial charge is 0.316 e. The van der Waals surface area contributed by atoms with Crippen molar-refractivity contribution in [3.8, 4) is 0 Å². The molecule has 1 aromatic carbocycles. The number of rotatable bonds is 3. The first-order chi connectivity index (χ1) is 7.02. The summed E-state index contributed by atoms with van der Waals surface area (Å²) >= 11 is 0. The Labute approximate surface area is 86.4 Å². The van der Waals surface area contributed by atoms with Crippen LogP contribution in [0, 0.1) is 0 Å². The number of primary amides is 2. The van der Waals surface area contributed by atoms with Crippen LogP contribution in [0.15, 0.2) is 24.3 Å². The third-order valence-corrected chi connectivity index (χ3v) is 1.86. The number of carbonyl (C=O) groups is 2. The highest BCUT2D eigenvalue weighted by Crippen LogP contribution is 2.20. The van der Waals surface area contributed by atoms with E-state index in [1.807, 2.05) is 0 Å². The van der Waals surface area contributed by atoms with Gasteiger partial charge in [0.1, 0.15) is 6.04 Å². The summed E-state index contributed by atoms with van der Waals surface area (Å²) in [5.74, 6) is -0.672. The lowest BCUT2D eigenvalue weighted by molar-refractivity contribution is -0.119. The van der Waals surface area contributed by atoms with E-state index in [9.17, 15) is 9.59 Å². The maximum absolute atomic E-state index is 10.9. The van der Waals surface area contributed by atoms with Gasteiger partial charge < -0.3 is 22.5 Å². The number of amides is 3. The molecule has 0 heterocycles. The molecular formula is C9H12N4O2. The fourth-order valence-corrected chi connectivity index (χ4v) is 1.17. The Kier molecular flexibility index (Phi) is 3.25. The van der Waals surface area contributed by atoms with Gasteiger partial charge in [-0.25, -0.2) is 4.79 Å². The Morgan fingerprint density at radius 3 is 2.33 bits per heavy atom. The van der Waals surface area contributed by atoms with Crippen LogP contribution in [0.2, 0.25) is 0 Å². The third-order valence-electron chi connectivity index (χ3n) is 1.86. The molecule has 15 heavy (non-hydrogen) atoms. The first-order valence-electron chi connectivity index (χ1n) is 4.22. The zero-order valence-electron chi connectivity index (χ0n) is 7.94. The van der Waals surface area contributed by atoms with E-state index in [1.54, 1.807) is 24.3 Å². The van der Waals surface area contributed by atoms with Crippen LogP contribution in [0.3, 0.4) is 0 Å². The van der Waals surface area contributed by atoms with E-state index < -0.39 is 18.0 Å². The van der Waals surface area contributed by atoms with Crippen LogP contribution in [0.25, 0.3) is 0 Å². The van der Waals surface area contributed by atoms with Gasteiger partial charge in [0.2, 0.25) is 5.91 Å². The van der Waals surface area contributed by atoms with Gasteiger partial charge in [0.25, 0.3) is 0 Å². The average molecular weight is 208 g/mol. The number of nitrogens with two attached hydrogens (primary N) is 3. The molecule has 7 N–H and O–H groups in total. The maximum Gasteiger partial charge on any atom is 0.316 e. The molecule has 0 aliphatic rings. The van der Waals surface area contributed by atoms with Crippen LogP contribution in [-0.4, -0.2) is 11.9 Å². The Bertz CT molecular complexity index is 391. The molecule has 3 amide bonds. The molecule has 0 spiro atoms. The summed E-state index contributed by atoms with van der Waals surface area (Å²) in [6.45, 7) is 0. The quantitative estimate of drug-likeness (QED) is 0.543. The zero-order chi connectivity index (χ0) is 11.4. The summed E-state index contributed by atoms with van der Waals surface area (Å²) in [4.78, 5) is 21.6. The maximum atomic E-state index is 10.9. The van der Waals surface area contributed by atoms with Gasteiger partial charge in [-0.1, -0.05) is 18.2 Å². The Hall–Kier alpha value is -2.08. The highest BCUT2D eigenvalue weighted by molar-refractivity contribution is 5.91. The average Bonchev–Trinajstić information content (AvgIpc) is 2.16. The summed E-state index contributed by atoms with van der Waals surface area (Å²) in [6.07, 6.45) is 0. The van der Waals surface area contributed by atoms with Gasteiger partial charge in [-0.2, -0.15) is 0 Å². The topological polar surface area (TPSA) is 124 Å². The predicted molar refractivity (Wildman–Crippen MR) is 55.8 cm³/mol. The van der Waals surface area contributed by atoms with Crippen LogP contribution in [0.4, 0.5) is 10.5 Å².